The van der Waals surface area contributed by atoms with E-state index in [0.717, 1.165) is 37.3 Å². The number of amides is 1. The van der Waals surface area contributed by atoms with Crippen molar-refractivity contribution in [3.05, 3.63) is 58.5 Å². The smallest absolute Gasteiger partial charge is 0.259 e. The Morgan fingerprint density at radius 1 is 1.04 bits per heavy atom. The molecule has 136 valence electrons. The van der Waals surface area contributed by atoms with Crippen molar-refractivity contribution in [1.29, 1.82) is 0 Å². The number of aromatic nitrogens is 1. The van der Waals surface area contributed by atoms with Gasteiger partial charge in [0.15, 0.2) is 0 Å². The summed E-state index contributed by atoms with van der Waals surface area (Å²) in [5.74, 6) is 0.173. The van der Waals surface area contributed by atoms with Gasteiger partial charge in [0.1, 0.15) is 0 Å². The predicted molar refractivity (Wildman–Crippen MR) is 99.8 cm³/mol. The topological polar surface area (TPSA) is 63.6 Å². The van der Waals surface area contributed by atoms with Crippen molar-refractivity contribution in [2.24, 2.45) is 0 Å². The molecule has 0 spiro atoms. The van der Waals surface area contributed by atoms with Gasteiger partial charge in [0.25, 0.3) is 5.56 Å². The lowest BCUT2D eigenvalue weighted by Crippen LogP contribution is -2.38. The highest BCUT2D eigenvalue weighted by molar-refractivity contribution is 5.94. The largest absolute Gasteiger partial charge is 0.378 e. The van der Waals surface area contributed by atoms with Crippen molar-refractivity contribution < 1.29 is 9.53 Å². The molecule has 4 rings (SSSR count). The Kier molecular flexibility index (Phi) is 4.86. The van der Waals surface area contributed by atoms with Gasteiger partial charge >= 0.3 is 0 Å². The van der Waals surface area contributed by atoms with Crippen LogP contribution in [0.4, 0.5) is 5.69 Å². The summed E-state index contributed by atoms with van der Waals surface area (Å²) in [5, 5.41) is 3.33. The molecule has 26 heavy (non-hydrogen) atoms. The molecule has 2 aliphatic rings. The second-order valence-electron chi connectivity index (χ2n) is 6.74. The number of hydrogen-bond acceptors (Lipinski definition) is 4. The van der Waals surface area contributed by atoms with Crippen LogP contribution >= 0.6 is 0 Å². The lowest BCUT2D eigenvalue weighted by atomic mass is 10.1. The minimum Gasteiger partial charge on any atom is -0.378 e. The molecule has 3 heterocycles. The van der Waals surface area contributed by atoms with E-state index < -0.39 is 0 Å². The third-order valence-electron chi connectivity index (χ3n) is 5.04. The van der Waals surface area contributed by atoms with Gasteiger partial charge in [-0.1, -0.05) is 6.07 Å². The fourth-order valence-electron chi connectivity index (χ4n) is 3.62. The molecule has 2 saturated heterocycles. The molecule has 0 bridgehead atoms. The Morgan fingerprint density at radius 3 is 2.58 bits per heavy atom. The number of rotatable bonds is 3. The Labute approximate surface area is 152 Å². The number of ether oxygens (including phenoxy) is 1. The van der Waals surface area contributed by atoms with E-state index >= 15 is 0 Å². The SMILES string of the molecule is O=C1CCCCN1c1ccc(-n2cccc(C3COCCN3)c2=O)cc1. The fraction of sp³-hybridized carbons (Fsp3) is 0.400. The van der Waals surface area contributed by atoms with E-state index in [4.69, 9.17) is 4.74 Å². The second kappa shape index (κ2) is 7.43. The number of piperidine rings is 1. The Hall–Kier alpha value is -2.44. The number of anilines is 1. The quantitative estimate of drug-likeness (QED) is 0.917. The first-order chi connectivity index (χ1) is 12.7. The van der Waals surface area contributed by atoms with Crippen LogP contribution in [-0.2, 0) is 9.53 Å². The first-order valence-electron chi connectivity index (χ1n) is 9.17. The van der Waals surface area contributed by atoms with Gasteiger partial charge in [-0.3, -0.25) is 14.2 Å². The summed E-state index contributed by atoms with van der Waals surface area (Å²) in [6.07, 6.45) is 4.39. The van der Waals surface area contributed by atoms with Crippen LogP contribution < -0.4 is 15.8 Å². The molecular weight excluding hydrogens is 330 g/mol. The second-order valence-corrected chi connectivity index (χ2v) is 6.74. The number of hydrogen-bond donors (Lipinski definition) is 1. The van der Waals surface area contributed by atoms with Crippen molar-refractivity contribution in [3.63, 3.8) is 0 Å². The van der Waals surface area contributed by atoms with Crippen molar-refractivity contribution in [2.75, 3.05) is 31.2 Å². The molecule has 2 aliphatic heterocycles. The van der Waals surface area contributed by atoms with E-state index in [1.54, 1.807) is 10.8 Å². The zero-order valence-corrected chi connectivity index (χ0v) is 14.7. The standard InChI is InChI=1S/C20H23N3O3/c24-19-5-1-2-11-22(19)15-6-8-16(9-7-15)23-12-3-4-17(20(23)25)18-14-26-13-10-21-18/h3-4,6-9,12,18,21H,1-2,5,10-11,13-14H2. The maximum Gasteiger partial charge on any atom is 0.259 e. The van der Waals surface area contributed by atoms with Gasteiger partial charge < -0.3 is 15.0 Å². The first-order valence-corrected chi connectivity index (χ1v) is 9.17. The molecule has 1 atom stereocenters. The summed E-state index contributed by atoms with van der Waals surface area (Å²) in [5.41, 5.74) is 2.35. The average molecular weight is 353 g/mol. The summed E-state index contributed by atoms with van der Waals surface area (Å²) < 4.78 is 7.13. The normalized spacial score (nSPS) is 21.0. The maximum absolute atomic E-state index is 12.9. The highest BCUT2D eigenvalue weighted by Gasteiger charge is 2.21. The van der Waals surface area contributed by atoms with Crippen molar-refractivity contribution in [3.8, 4) is 5.69 Å². The summed E-state index contributed by atoms with van der Waals surface area (Å²) in [6.45, 7) is 2.70. The van der Waals surface area contributed by atoms with Crippen LogP contribution in [0.3, 0.4) is 0 Å². The number of pyridine rings is 1. The first kappa shape index (κ1) is 17.0. The molecule has 1 aromatic carbocycles. The zero-order valence-electron chi connectivity index (χ0n) is 14.7. The lowest BCUT2D eigenvalue weighted by Gasteiger charge is -2.27. The Bertz CT molecular complexity index is 838. The van der Waals surface area contributed by atoms with Gasteiger partial charge in [0.05, 0.1) is 19.3 Å². The van der Waals surface area contributed by atoms with Gasteiger partial charge in [-0.25, -0.2) is 0 Å². The highest BCUT2D eigenvalue weighted by atomic mass is 16.5. The van der Waals surface area contributed by atoms with E-state index in [2.05, 4.69) is 5.32 Å². The van der Waals surface area contributed by atoms with Crippen molar-refractivity contribution >= 4 is 11.6 Å². The molecule has 1 amide bonds. The van der Waals surface area contributed by atoms with Crippen molar-refractivity contribution in [1.82, 2.24) is 9.88 Å². The fourth-order valence-corrected chi connectivity index (χ4v) is 3.62. The van der Waals surface area contributed by atoms with Gasteiger partial charge in [-0.15, -0.1) is 0 Å². The molecule has 0 aliphatic carbocycles. The minimum atomic E-state index is -0.0751. The number of morpholine rings is 1. The van der Waals surface area contributed by atoms with Crippen LogP contribution in [0.1, 0.15) is 30.9 Å². The summed E-state index contributed by atoms with van der Waals surface area (Å²) >= 11 is 0. The number of nitrogens with zero attached hydrogens (tertiary/aromatic N) is 2. The zero-order chi connectivity index (χ0) is 17.9. The molecule has 6 nitrogen and oxygen atoms in total. The molecule has 6 heteroatoms. The van der Waals surface area contributed by atoms with E-state index in [1.165, 1.54) is 0 Å². The van der Waals surface area contributed by atoms with Crippen LogP contribution in [0.2, 0.25) is 0 Å². The van der Waals surface area contributed by atoms with Crippen LogP contribution in [0.15, 0.2) is 47.4 Å². The third-order valence-corrected chi connectivity index (χ3v) is 5.04. The minimum absolute atomic E-state index is 0.0442. The highest BCUT2D eigenvalue weighted by Crippen LogP contribution is 2.22. The third kappa shape index (κ3) is 3.30. The van der Waals surface area contributed by atoms with Crippen LogP contribution in [-0.4, -0.2) is 36.8 Å². The van der Waals surface area contributed by atoms with Gasteiger partial charge in [-0.2, -0.15) is 0 Å². The van der Waals surface area contributed by atoms with E-state index in [-0.39, 0.29) is 17.5 Å². The van der Waals surface area contributed by atoms with E-state index in [0.29, 0.717) is 25.2 Å². The number of nitrogens with one attached hydrogen (secondary N) is 1. The Morgan fingerprint density at radius 2 is 1.85 bits per heavy atom. The molecule has 1 unspecified atom stereocenters. The molecule has 2 aromatic rings. The van der Waals surface area contributed by atoms with Crippen LogP contribution in [0.5, 0.6) is 0 Å². The predicted octanol–water partition coefficient (Wildman–Crippen LogP) is 2.02. The molecule has 0 radical (unpaired) electrons. The lowest BCUT2D eigenvalue weighted by molar-refractivity contribution is -0.119. The number of carbonyl (C=O) groups is 1. The monoisotopic (exact) mass is 353 g/mol. The average Bonchev–Trinajstić information content (AvgIpc) is 2.69. The van der Waals surface area contributed by atoms with Crippen molar-refractivity contribution in [2.45, 2.75) is 25.3 Å². The Balaban J connectivity index is 1.61. The van der Waals surface area contributed by atoms with Gasteiger partial charge in [0, 0.05) is 42.6 Å². The van der Waals surface area contributed by atoms with E-state index in [1.807, 2.05) is 41.3 Å². The number of carbonyl (C=O) groups excluding carboxylic acids is 1. The van der Waals surface area contributed by atoms with Gasteiger partial charge in [0.2, 0.25) is 5.91 Å². The van der Waals surface area contributed by atoms with Crippen LogP contribution in [0.25, 0.3) is 5.69 Å². The van der Waals surface area contributed by atoms with Gasteiger partial charge in [-0.05, 0) is 43.2 Å². The molecule has 1 aromatic heterocycles. The van der Waals surface area contributed by atoms with Crippen LogP contribution in [0, 0.1) is 0 Å². The summed E-state index contributed by atoms with van der Waals surface area (Å²) in [4.78, 5) is 26.8. The molecular formula is C20H23N3O3. The summed E-state index contributed by atoms with van der Waals surface area (Å²) in [6, 6.07) is 11.3. The summed E-state index contributed by atoms with van der Waals surface area (Å²) in [7, 11) is 0. The molecule has 0 saturated carbocycles. The van der Waals surface area contributed by atoms with E-state index in [9.17, 15) is 9.59 Å². The maximum atomic E-state index is 12.9. The number of benzene rings is 1. The molecule has 2 fully saturated rings. The molecule has 1 N–H and O–H groups in total.